The van der Waals surface area contributed by atoms with Gasteiger partial charge in [0.15, 0.2) is 5.60 Å². The van der Waals surface area contributed by atoms with Gasteiger partial charge in [0.25, 0.3) is 0 Å². The summed E-state index contributed by atoms with van der Waals surface area (Å²) in [6, 6.07) is 14.7. The topological polar surface area (TPSA) is 88.0 Å². The number of phenolic OH excluding ortho intramolecular Hbond substituents is 2. The Morgan fingerprint density at radius 1 is 0.931 bits per heavy atom. The van der Waals surface area contributed by atoms with E-state index in [9.17, 15) is 15.0 Å². The lowest BCUT2D eigenvalue weighted by molar-refractivity contribution is 0.0224. The molecule has 0 saturated carbocycles. The number of carbonyl (C=O) groups is 1. The Bertz CT molecular complexity index is 1170. The molecule has 3 aromatic rings. The zero-order valence-electron chi connectivity index (χ0n) is 15.2. The summed E-state index contributed by atoms with van der Waals surface area (Å²) in [7, 11) is 0. The summed E-state index contributed by atoms with van der Waals surface area (Å²) in [5.74, 6) is 0.248. The van der Waals surface area contributed by atoms with E-state index in [0.717, 1.165) is 0 Å². The summed E-state index contributed by atoms with van der Waals surface area (Å²) < 4.78 is 11.9. The van der Waals surface area contributed by atoms with E-state index in [1.54, 1.807) is 25.1 Å². The number of phenols is 2. The van der Waals surface area contributed by atoms with Gasteiger partial charge in [0.2, 0.25) is 0 Å². The van der Waals surface area contributed by atoms with Gasteiger partial charge >= 0.3 is 5.97 Å². The first-order chi connectivity index (χ1) is 13.9. The minimum atomic E-state index is -1.25. The number of thiocarbonyl (C=S) groups is 1. The average Bonchev–Trinajstić information content (AvgIpc) is 2.93. The number of carbonyl (C=O) groups excluding carboxylic acids is 1. The first-order valence-electron chi connectivity index (χ1n) is 8.89. The summed E-state index contributed by atoms with van der Waals surface area (Å²) in [5.41, 5.74) is 1.68. The third-order valence-electron chi connectivity index (χ3n) is 5.09. The minimum absolute atomic E-state index is 0.0167. The Labute approximate surface area is 171 Å². The molecule has 144 valence electrons. The number of ether oxygens (including phenoxy) is 2. The summed E-state index contributed by atoms with van der Waals surface area (Å²) in [4.78, 5) is 13.5. The van der Waals surface area contributed by atoms with E-state index in [4.69, 9.17) is 21.7 Å². The van der Waals surface area contributed by atoms with Crippen molar-refractivity contribution in [1.82, 2.24) is 0 Å². The molecule has 0 bridgehead atoms. The van der Waals surface area contributed by atoms with Crippen LogP contribution in [0, 0.1) is 0 Å². The van der Waals surface area contributed by atoms with Gasteiger partial charge in [-0.2, -0.15) is 0 Å². The van der Waals surface area contributed by atoms with Gasteiger partial charge in [-0.1, -0.05) is 18.3 Å². The Hall–Kier alpha value is -3.58. The number of nitrogens with one attached hydrogen (secondary N) is 1. The van der Waals surface area contributed by atoms with E-state index in [2.05, 4.69) is 5.32 Å². The highest BCUT2D eigenvalue weighted by molar-refractivity contribution is 7.80. The minimum Gasteiger partial charge on any atom is -0.508 e. The van der Waals surface area contributed by atoms with E-state index < -0.39 is 11.6 Å². The van der Waals surface area contributed by atoms with Crippen LogP contribution < -0.4 is 10.1 Å². The zero-order chi connectivity index (χ0) is 20.3. The number of esters is 1. The lowest BCUT2D eigenvalue weighted by Crippen LogP contribution is -2.32. The van der Waals surface area contributed by atoms with E-state index in [-0.39, 0.29) is 11.5 Å². The highest BCUT2D eigenvalue weighted by Gasteiger charge is 2.53. The van der Waals surface area contributed by atoms with Gasteiger partial charge in [-0.15, -0.1) is 0 Å². The monoisotopic (exact) mass is 405 g/mol. The molecule has 5 rings (SSSR count). The first kappa shape index (κ1) is 17.5. The maximum atomic E-state index is 12.9. The molecule has 0 aromatic heterocycles. The second-order valence-electron chi connectivity index (χ2n) is 6.98. The molecular weight excluding hydrogens is 390 g/mol. The van der Waals surface area contributed by atoms with Crippen molar-refractivity contribution in [2.24, 2.45) is 0 Å². The van der Waals surface area contributed by atoms with Crippen LogP contribution in [0.5, 0.6) is 23.0 Å². The number of fused-ring (bicyclic) bond motifs is 6. The highest BCUT2D eigenvalue weighted by atomic mass is 32.1. The van der Waals surface area contributed by atoms with Gasteiger partial charge in [-0.3, -0.25) is 0 Å². The van der Waals surface area contributed by atoms with E-state index in [0.29, 0.717) is 44.4 Å². The van der Waals surface area contributed by atoms with Crippen molar-refractivity contribution < 1.29 is 24.5 Å². The van der Waals surface area contributed by atoms with Crippen molar-refractivity contribution in [2.45, 2.75) is 12.5 Å². The predicted octanol–water partition coefficient (Wildman–Crippen LogP) is 4.43. The van der Waals surface area contributed by atoms with Gasteiger partial charge in [0, 0.05) is 34.5 Å². The van der Waals surface area contributed by atoms with E-state index >= 15 is 0 Å². The van der Waals surface area contributed by atoms with Crippen LogP contribution in [-0.2, 0) is 10.3 Å². The fraction of sp³-hybridized carbons (Fsp3) is 0.0909. The Balaban J connectivity index is 1.81. The number of rotatable bonds is 1. The Kier molecular flexibility index (Phi) is 3.60. The average molecular weight is 405 g/mol. The standard InChI is InChI=1S/C22H15NO5S/c1-11(29)23-12-2-5-16-15(8-12)21(26)28-22(16)17-6-3-13(24)9-19(17)27-20-10-14(25)4-7-18(20)22/h2-10,24-25H,1H3,(H,23,29). The third kappa shape index (κ3) is 2.48. The lowest BCUT2D eigenvalue weighted by atomic mass is 9.77. The fourth-order valence-electron chi connectivity index (χ4n) is 3.99. The lowest BCUT2D eigenvalue weighted by Gasteiger charge is -2.36. The quantitative estimate of drug-likeness (QED) is 0.408. The number of aromatic hydroxyl groups is 2. The molecule has 2 heterocycles. The normalized spacial score (nSPS) is 15.0. The number of anilines is 1. The number of hydrogen-bond donors (Lipinski definition) is 3. The molecule has 0 saturated heterocycles. The zero-order valence-corrected chi connectivity index (χ0v) is 16.0. The van der Waals surface area contributed by atoms with Gasteiger partial charge in [0.05, 0.1) is 10.6 Å². The molecule has 0 aliphatic carbocycles. The maximum absolute atomic E-state index is 12.9. The molecule has 3 aromatic carbocycles. The summed E-state index contributed by atoms with van der Waals surface area (Å²) >= 11 is 5.09. The van der Waals surface area contributed by atoms with Crippen LogP contribution in [0.1, 0.15) is 34.0 Å². The van der Waals surface area contributed by atoms with Crippen molar-refractivity contribution in [1.29, 1.82) is 0 Å². The second-order valence-corrected chi connectivity index (χ2v) is 7.59. The van der Waals surface area contributed by atoms with E-state index in [1.807, 2.05) is 12.1 Å². The summed E-state index contributed by atoms with van der Waals surface area (Å²) in [6.45, 7) is 1.76. The second kappa shape index (κ2) is 5.96. The van der Waals surface area contributed by atoms with Gasteiger partial charge < -0.3 is 25.0 Å². The molecule has 2 aliphatic heterocycles. The molecule has 1 spiro atoms. The molecule has 29 heavy (non-hydrogen) atoms. The van der Waals surface area contributed by atoms with Crippen LogP contribution in [-0.4, -0.2) is 21.2 Å². The highest BCUT2D eigenvalue weighted by Crippen LogP contribution is 2.57. The van der Waals surface area contributed by atoms with Crippen molar-refractivity contribution in [3.05, 3.63) is 76.9 Å². The first-order valence-corrected chi connectivity index (χ1v) is 9.29. The molecule has 0 fully saturated rings. The molecule has 0 unspecified atom stereocenters. The van der Waals surface area contributed by atoms with Crippen LogP contribution in [0.3, 0.4) is 0 Å². The van der Waals surface area contributed by atoms with Gasteiger partial charge in [0.1, 0.15) is 23.0 Å². The van der Waals surface area contributed by atoms with Gasteiger partial charge in [-0.05, 0) is 43.3 Å². The fourth-order valence-corrected chi connectivity index (χ4v) is 4.10. The van der Waals surface area contributed by atoms with Crippen molar-refractivity contribution in [2.75, 3.05) is 5.32 Å². The molecule has 7 heteroatoms. The number of benzene rings is 3. The summed E-state index contributed by atoms with van der Waals surface area (Å²) in [5, 5.41) is 22.9. The molecule has 2 aliphatic rings. The molecular formula is C22H15NO5S. The Morgan fingerprint density at radius 3 is 2.10 bits per heavy atom. The van der Waals surface area contributed by atoms with Crippen LogP contribution in [0.2, 0.25) is 0 Å². The smallest absolute Gasteiger partial charge is 0.340 e. The largest absolute Gasteiger partial charge is 0.508 e. The molecule has 0 atom stereocenters. The predicted molar refractivity (Wildman–Crippen MR) is 110 cm³/mol. The van der Waals surface area contributed by atoms with Crippen LogP contribution >= 0.6 is 12.2 Å². The van der Waals surface area contributed by atoms with Crippen LogP contribution in [0.25, 0.3) is 0 Å². The van der Waals surface area contributed by atoms with Crippen LogP contribution in [0.4, 0.5) is 5.69 Å². The molecule has 0 radical (unpaired) electrons. The van der Waals surface area contributed by atoms with Crippen molar-refractivity contribution >= 4 is 28.9 Å². The molecule has 3 N–H and O–H groups in total. The SMILES string of the molecule is CC(=S)Nc1ccc2c(c1)C(=O)OC21c2ccc(O)cc2Oc2cc(O)ccc21. The maximum Gasteiger partial charge on any atom is 0.340 e. The molecule has 6 nitrogen and oxygen atoms in total. The number of hydrogen-bond acceptors (Lipinski definition) is 6. The Morgan fingerprint density at radius 2 is 1.52 bits per heavy atom. The van der Waals surface area contributed by atoms with Gasteiger partial charge in [-0.25, -0.2) is 4.79 Å². The van der Waals surface area contributed by atoms with Crippen molar-refractivity contribution in [3.63, 3.8) is 0 Å². The van der Waals surface area contributed by atoms with Crippen LogP contribution in [0.15, 0.2) is 54.6 Å². The molecule has 0 amide bonds. The summed E-state index contributed by atoms with van der Waals surface area (Å²) in [6.07, 6.45) is 0. The van der Waals surface area contributed by atoms with E-state index in [1.165, 1.54) is 24.3 Å². The van der Waals surface area contributed by atoms with Crippen molar-refractivity contribution in [3.8, 4) is 23.0 Å². The third-order valence-corrected chi connectivity index (χ3v) is 5.20.